The number of nitrogens with zero attached hydrogens (tertiary/aromatic N) is 5. The highest BCUT2D eigenvalue weighted by Gasteiger charge is 2.44. The fraction of sp³-hybridized carbons (Fsp3) is 0.418. The first-order valence-corrected chi connectivity index (χ1v) is 31.8. The fourth-order valence-corrected chi connectivity index (χ4v) is 14.0. The summed E-state index contributed by atoms with van der Waals surface area (Å²) in [5.74, 6) is 3.04. The van der Waals surface area contributed by atoms with E-state index in [4.69, 9.17) is 4.74 Å². The lowest BCUT2D eigenvalue weighted by Crippen LogP contribution is -2.50. The van der Waals surface area contributed by atoms with Crippen LogP contribution in [0.3, 0.4) is 0 Å². The van der Waals surface area contributed by atoms with Crippen molar-refractivity contribution in [3.8, 4) is 0 Å². The van der Waals surface area contributed by atoms with Gasteiger partial charge in [-0.2, -0.15) is 20.4 Å². The van der Waals surface area contributed by atoms with Gasteiger partial charge in [0.1, 0.15) is 0 Å². The zero-order valence-corrected chi connectivity index (χ0v) is 54.5. The summed E-state index contributed by atoms with van der Waals surface area (Å²) in [4.78, 5) is 61.4. The van der Waals surface area contributed by atoms with Crippen LogP contribution < -0.4 is 59.5 Å². The number of H-pyrrole nitrogens is 4. The number of hydrogen-bond acceptors (Lipinski definition) is 17. The summed E-state index contributed by atoms with van der Waals surface area (Å²) in [7, 11) is 0. The molecule has 15 rings (SSSR count). The third-order valence-electron chi connectivity index (χ3n) is 18.2. The van der Waals surface area contributed by atoms with Gasteiger partial charge in [0.15, 0.2) is 23.3 Å². The third-order valence-corrected chi connectivity index (χ3v) is 18.2. The number of fused-ring (bicyclic) bond motifs is 8. The van der Waals surface area contributed by atoms with Crippen molar-refractivity contribution in [3.63, 3.8) is 0 Å². The van der Waals surface area contributed by atoms with Crippen molar-refractivity contribution < 1.29 is 9.53 Å². The molecule has 9 aromatic rings. The molecule has 9 atom stereocenters. The summed E-state index contributed by atoms with van der Waals surface area (Å²) in [6.45, 7) is 5.33. The normalized spacial score (nSPS) is 23.0. The molecule has 0 aliphatic carbocycles. The van der Waals surface area contributed by atoms with Gasteiger partial charge in [-0.1, -0.05) is 103 Å². The molecule has 22 nitrogen and oxygen atoms in total. The second-order valence-corrected chi connectivity index (χ2v) is 24.3. The Hall–Kier alpha value is -8.03. The molecule has 6 saturated heterocycles. The minimum Gasteiger partial charge on any atom is -0.450 e. The number of benzene rings is 5. The Kier molecular flexibility index (Phi) is 22.7. The fourth-order valence-electron chi connectivity index (χ4n) is 14.0. The summed E-state index contributed by atoms with van der Waals surface area (Å²) < 4.78 is 5.20. The van der Waals surface area contributed by atoms with Crippen molar-refractivity contribution in [3.05, 3.63) is 174 Å². The third kappa shape index (κ3) is 16.2. The maximum absolute atomic E-state index is 12.2. The molecule has 11 N–H and O–H groups in total. The van der Waals surface area contributed by atoms with Gasteiger partial charge in [-0.15, -0.1) is 34.0 Å². The number of rotatable bonds is 11. The number of aromatic amines is 4. The van der Waals surface area contributed by atoms with E-state index in [2.05, 4.69) is 108 Å². The number of aromatic nitrogens is 8. The van der Waals surface area contributed by atoms with Gasteiger partial charge >= 0.3 is 6.09 Å². The lowest BCUT2D eigenvalue weighted by Gasteiger charge is -2.38. The highest BCUT2D eigenvalue weighted by molar-refractivity contribution is 8.93. The number of carbonyl (C=O) groups excluding carboxylic acids is 1. The topological polar surface area (TPSA) is 297 Å². The van der Waals surface area contributed by atoms with E-state index < -0.39 is 0 Å². The van der Waals surface area contributed by atoms with E-state index in [1.165, 1.54) is 24.8 Å². The first-order chi connectivity index (χ1) is 43.6. The Morgan fingerprint density at radius 3 is 1.33 bits per heavy atom. The van der Waals surface area contributed by atoms with Crippen molar-refractivity contribution in [2.45, 2.75) is 151 Å². The summed E-state index contributed by atoms with van der Waals surface area (Å²) in [5.41, 5.74) is 0.764. The van der Waals surface area contributed by atoms with E-state index in [1.54, 1.807) is 6.07 Å². The molecular weight excluding hydrogens is 1280 g/mol. The van der Waals surface area contributed by atoms with E-state index in [9.17, 15) is 24.0 Å². The smallest absolute Gasteiger partial charge is 0.410 e. The molecule has 5 aromatic carbocycles. The van der Waals surface area contributed by atoms with Crippen LogP contribution in [0.1, 0.15) is 96.0 Å². The average molecular weight is 1370 g/mol. The monoisotopic (exact) mass is 1360 g/mol. The van der Waals surface area contributed by atoms with E-state index >= 15 is 0 Å². The SMILES string of the molecule is Br.Br.CCOC(=O)N1[C@@H]2CC[C@H]1CC(Nc1n[nH]c(=O)c3ccccc13)C2.O=c1[nH]nc(NC2CCCNCC2)c2ccccc12.O=c1[nH]nc(NC2C[C@H]3CC[C@@H](C2)N3)c2ccccc12.O=c1[nH]nc(N[C@H]2CCN[C@@H](Cc3ccccc3)C2)c2ccccc12. The van der Waals surface area contributed by atoms with Crippen molar-refractivity contribution in [2.24, 2.45) is 0 Å². The highest BCUT2D eigenvalue weighted by atomic mass is 79.9. The zero-order valence-electron chi connectivity index (χ0n) is 51.1. The number of carbonyl (C=O) groups is 1. The van der Waals surface area contributed by atoms with Crippen LogP contribution in [0.25, 0.3) is 43.1 Å². The van der Waals surface area contributed by atoms with Gasteiger partial charge in [0.2, 0.25) is 0 Å². The molecule has 6 aliphatic heterocycles. The van der Waals surface area contributed by atoms with Crippen molar-refractivity contribution >= 4 is 106 Å². The van der Waals surface area contributed by atoms with Crippen LogP contribution in [0.4, 0.5) is 28.1 Å². The summed E-state index contributed by atoms with van der Waals surface area (Å²) in [6, 6.07) is 44.4. The maximum atomic E-state index is 12.2. The molecule has 480 valence electrons. The lowest BCUT2D eigenvalue weighted by atomic mass is 9.94. The van der Waals surface area contributed by atoms with Gasteiger partial charge in [0, 0.05) is 75.9 Å². The van der Waals surface area contributed by atoms with E-state index in [-0.39, 0.29) is 80.4 Å². The van der Waals surface area contributed by atoms with Crippen LogP contribution in [0.5, 0.6) is 0 Å². The minimum atomic E-state index is -0.193. The molecule has 4 bridgehead atoms. The van der Waals surface area contributed by atoms with E-state index in [1.807, 2.05) is 103 Å². The molecule has 0 saturated carbocycles. The molecule has 3 unspecified atom stereocenters. The Labute approximate surface area is 547 Å². The first-order valence-electron chi connectivity index (χ1n) is 31.8. The second-order valence-electron chi connectivity index (χ2n) is 24.3. The largest absolute Gasteiger partial charge is 0.450 e. The van der Waals surface area contributed by atoms with Gasteiger partial charge in [0.25, 0.3) is 22.2 Å². The predicted molar refractivity (Wildman–Crippen MR) is 372 cm³/mol. The van der Waals surface area contributed by atoms with Gasteiger partial charge < -0.3 is 46.9 Å². The molecule has 6 fully saturated rings. The molecule has 91 heavy (non-hydrogen) atoms. The summed E-state index contributed by atoms with van der Waals surface area (Å²) in [6.07, 6.45) is 14.9. The number of ether oxygens (including phenoxy) is 1. The Morgan fingerprint density at radius 1 is 0.462 bits per heavy atom. The van der Waals surface area contributed by atoms with Crippen LogP contribution in [0.15, 0.2) is 147 Å². The average Bonchev–Trinajstić information content (AvgIpc) is 1.84. The van der Waals surface area contributed by atoms with Gasteiger partial charge in [-0.05, 0) is 146 Å². The Bertz CT molecular complexity index is 4100. The number of anilines is 4. The van der Waals surface area contributed by atoms with Gasteiger partial charge in [-0.3, -0.25) is 19.2 Å². The van der Waals surface area contributed by atoms with E-state index in [0.29, 0.717) is 70.2 Å². The van der Waals surface area contributed by atoms with Crippen molar-refractivity contribution in [1.29, 1.82) is 0 Å². The zero-order chi connectivity index (χ0) is 61.1. The maximum Gasteiger partial charge on any atom is 0.410 e. The van der Waals surface area contributed by atoms with Gasteiger partial charge in [0.05, 0.1) is 28.2 Å². The van der Waals surface area contributed by atoms with Crippen LogP contribution in [0, 0.1) is 0 Å². The predicted octanol–water partition coefficient (Wildman–Crippen LogP) is 9.44. The van der Waals surface area contributed by atoms with Crippen LogP contribution in [-0.2, 0) is 11.2 Å². The molecule has 24 heteroatoms. The molecule has 0 radical (unpaired) electrons. The quantitative estimate of drug-likeness (QED) is 0.0574. The number of amides is 1. The minimum absolute atomic E-state index is 0. The standard InChI is InChI=1S/C20H22N4O.C18H22N4O3.C15H18N4O.C14H18N4O.2BrH/c25-20-18-9-5-4-8-17(18)19(23-24-20)22-15-10-11-21-16(13-15)12-14-6-2-1-3-7-14;1-2-25-18(24)22-12-7-8-13(22)10-11(9-12)19-16-14-5-3-4-6-15(14)17(23)21-20-16;20-15-13-4-2-1-3-12(13)14(18-19-15)17-11-7-9-5-6-10(8-11)16-9;19-14-12-6-2-1-5-11(12)13(17-18-14)16-10-4-3-8-15-9-7-10;;/h1-9,15-16,21H,10-13H2,(H,22,23)(H,24,25);3-6,11-13H,2,7-10H2,1H3,(H,19,20)(H,21,23);1-4,9-11,16H,5-8H2,(H,17,18)(H,19,20);1-2,5-6,10,15H,3-4,7-9H2,(H,16,17)(H,18,19);2*1H/t15-,16-;11?,12-,13+;9-,10+,11?;;;/m0...../s1. The second kappa shape index (κ2) is 31.3. The van der Waals surface area contributed by atoms with Crippen LogP contribution in [0.2, 0.25) is 0 Å². The first kappa shape index (κ1) is 65.9. The molecule has 6 aliphatic rings. The Balaban J connectivity index is 0.000000133. The van der Waals surface area contributed by atoms with E-state index in [0.717, 1.165) is 129 Å². The number of halogens is 2. The summed E-state index contributed by atoms with van der Waals surface area (Å²) >= 11 is 0. The number of piperidine rings is 3. The molecular formula is C67H82Br2N16O6. The number of hydrogen-bond donors (Lipinski definition) is 11. The van der Waals surface area contributed by atoms with Crippen molar-refractivity contribution in [1.82, 2.24) is 61.6 Å². The van der Waals surface area contributed by atoms with Crippen molar-refractivity contribution in [2.75, 3.05) is 47.5 Å². The van der Waals surface area contributed by atoms with Crippen LogP contribution in [-0.4, -0.2) is 132 Å². The van der Waals surface area contributed by atoms with Gasteiger partial charge in [-0.25, -0.2) is 25.2 Å². The molecule has 1 amide bonds. The molecule has 4 aromatic heterocycles. The highest BCUT2D eigenvalue weighted by Crippen LogP contribution is 2.38. The number of nitrogens with one attached hydrogen (secondary N) is 11. The lowest BCUT2D eigenvalue weighted by molar-refractivity contribution is 0.0711. The van der Waals surface area contributed by atoms with Crippen LogP contribution >= 0.6 is 34.0 Å². The Morgan fingerprint density at radius 2 is 0.868 bits per heavy atom. The molecule has 10 heterocycles. The molecule has 0 spiro atoms. The summed E-state index contributed by atoms with van der Waals surface area (Å²) in [5, 5.41) is 58.0.